The molecule has 112 valence electrons. The van der Waals surface area contributed by atoms with Crippen molar-refractivity contribution in [1.82, 2.24) is 4.98 Å². The number of hydrogen-bond acceptors (Lipinski definition) is 4. The third-order valence-corrected chi connectivity index (χ3v) is 2.69. The second-order valence-corrected chi connectivity index (χ2v) is 4.17. The van der Waals surface area contributed by atoms with E-state index in [0.717, 1.165) is 12.1 Å². The van der Waals surface area contributed by atoms with Gasteiger partial charge in [-0.25, -0.2) is 0 Å². The first-order valence-corrected chi connectivity index (χ1v) is 5.77. The van der Waals surface area contributed by atoms with Crippen LogP contribution in [0.1, 0.15) is 5.56 Å². The Hall–Kier alpha value is -2.51. The smallest absolute Gasteiger partial charge is 0.469 e. The van der Waals surface area contributed by atoms with Crippen LogP contribution in [-0.2, 0) is 16.0 Å². The average Bonchev–Trinajstić information content (AvgIpc) is 2.37. The maximum absolute atomic E-state index is 12.1. The second-order valence-electron chi connectivity index (χ2n) is 4.17. The lowest BCUT2D eigenvalue weighted by Crippen LogP contribution is -2.18. The van der Waals surface area contributed by atoms with Crippen molar-refractivity contribution in [2.75, 3.05) is 7.11 Å². The molecule has 0 unspecified atom stereocenters. The lowest BCUT2D eigenvalue weighted by atomic mass is 10.1. The van der Waals surface area contributed by atoms with Gasteiger partial charge in [0, 0.05) is 11.6 Å². The predicted molar refractivity (Wildman–Crippen MR) is 67.0 cm³/mol. The number of aromatic amines is 1. The lowest BCUT2D eigenvalue weighted by molar-refractivity contribution is -0.274. The van der Waals surface area contributed by atoms with Crippen LogP contribution < -0.4 is 10.3 Å². The first-order valence-electron chi connectivity index (χ1n) is 5.77. The highest BCUT2D eigenvalue weighted by molar-refractivity contribution is 5.82. The number of carbonyl (C=O) groups excluding carboxylic acids is 1. The van der Waals surface area contributed by atoms with E-state index in [1.54, 1.807) is 0 Å². The van der Waals surface area contributed by atoms with Crippen LogP contribution in [0.15, 0.2) is 29.1 Å². The normalized spacial score (nSPS) is 11.4. The number of nitrogens with one attached hydrogen (secondary N) is 1. The fourth-order valence-electron chi connectivity index (χ4n) is 1.78. The number of H-pyrrole nitrogens is 1. The van der Waals surface area contributed by atoms with Gasteiger partial charge in [0.25, 0.3) is 5.56 Å². The van der Waals surface area contributed by atoms with E-state index in [4.69, 9.17) is 0 Å². The van der Waals surface area contributed by atoms with Gasteiger partial charge in [0.1, 0.15) is 5.75 Å². The Labute approximate surface area is 116 Å². The molecule has 1 aromatic carbocycles. The van der Waals surface area contributed by atoms with E-state index in [-0.39, 0.29) is 17.5 Å². The number of pyridine rings is 1. The number of halogens is 3. The van der Waals surface area contributed by atoms with Gasteiger partial charge in [-0.1, -0.05) is 0 Å². The van der Waals surface area contributed by atoms with Crippen molar-refractivity contribution < 1.29 is 27.4 Å². The number of benzene rings is 1. The van der Waals surface area contributed by atoms with Crippen LogP contribution in [0.2, 0.25) is 0 Å². The van der Waals surface area contributed by atoms with E-state index in [1.807, 2.05) is 0 Å². The Morgan fingerprint density at radius 3 is 2.62 bits per heavy atom. The predicted octanol–water partition coefficient (Wildman–Crippen LogP) is 2.14. The standard InChI is InChI=1S/C13H10F3NO4/c1-20-11(18)5-8-4-7-2-3-9(21-13(14,15)16)6-10(7)17-12(8)19/h2-4,6H,5H2,1H3,(H,17,19). The zero-order valence-corrected chi connectivity index (χ0v) is 10.8. The number of hydrogen-bond donors (Lipinski definition) is 1. The van der Waals surface area contributed by atoms with Crippen LogP contribution in [0.25, 0.3) is 10.9 Å². The monoisotopic (exact) mass is 301 g/mol. The van der Waals surface area contributed by atoms with Crippen LogP contribution in [0.4, 0.5) is 13.2 Å². The molecule has 2 aromatic rings. The summed E-state index contributed by atoms with van der Waals surface area (Å²) in [5, 5.41) is 0.475. The highest BCUT2D eigenvalue weighted by Crippen LogP contribution is 2.25. The number of fused-ring (bicyclic) bond motifs is 1. The molecule has 0 amide bonds. The van der Waals surface area contributed by atoms with Crippen molar-refractivity contribution in [2.45, 2.75) is 12.8 Å². The third kappa shape index (κ3) is 3.74. The number of alkyl halides is 3. The summed E-state index contributed by atoms with van der Waals surface area (Å²) in [6, 6.07) is 4.96. The fraction of sp³-hybridized carbons (Fsp3) is 0.231. The first kappa shape index (κ1) is 14.9. The van der Waals surface area contributed by atoms with E-state index >= 15 is 0 Å². The molecule has 0 radical (unpaired) electrons. The van der Waals surface area contributed by atoms with Crippen LogP contribution in [0.5, 0.6) is 5.75 Å². The molecule has 8 heteroatoms. The number of carbonyl (C=O) groups is 1. The Bertz CT molecular complexity index is 736. The van der Waals surface area contributed by atoms with Crippen molar-refractivity contribution in [3.05, 3.63) is 40.2 Å². The maximum Gasteiger partial charge on any atom is 0.573 e. The molecule has 0 aliphatic heterocycles. The molecule has 2 rings (SSSR count). The zero-order chi connectivity index (χ0) is 15.6. The minimum absolute atomic E-state index is 0.166. The molecule has 0 spiro atoms. The van der Waals surface area contributed by atoms with Crippen LogP contribution >= 0.6 is 0 Å². The molecule has 1 N–H and O–H groups in total. The molecule has 0 saturated carbocycles. The van der Waals surface area contributed by atoms with Crippen molar-refractivity contribution >= 4 is 16.9 Å². The van der Waals surface area contributed by atoms with Crippen molar-refractivity contribution in [3.63, 3.8) is 0 Å². The molecule has 0 aliphatic carbocycles. The van der Waals surface area contributed by atoms with Crippen LogP contribution in [0, 0.1) is 0 Å². The van der Waals surface area contributed by atoms with E-state index in [0.29, 0.717) is 5.39 Å². The van der Waals surface area contributed by atoms with Gasteiger partial charge in [-0.15, -0.1) is 13.2 Å². The second kappa shape index (κ2) is 5.47. The van der Waals surface area contributed by atoms with E-state index in [9.17, 15) is 22.8 Å². The minimum atomic E-state index is -4.81. The van der Waals surface area contributed by atoms with E-state index < -0.39 is 23.6 Å². The Morgan fingerprint density at radius 1 is 1.29 bits per heavy atom. The maximum atomic E-state index is 12.1. The van der Waals surface area contributed by atoms with Crippen molar-refractivity contribution in [3.8, 4) is 5.75 Å². The number of rotatable bonds is 3. The number of ether oxygens (including phenoxy) is 2. The van der Waals surface area contributed by atoms with Gasteiger partial charge in [0.2, 0.25) is 0 Å². The molecule has 1 aromatic heterocycles. The van der Waals surface area contributed by atoms with Gasteiger partial charge in [-0.3, -0.25) is 9.59 Å². The van der Waals surface area contributed by atoms with Gasteiger partial charge < -0.3 is 14.5 Å². The summed E-state index contributed by atoms with van der Waals surface area (Å²) in [5.41, 5.74) is -0.230. The summed E-state index contributed by atoms with van der Waals surface area (Å²) < 4.78 is 44.6. The van der Waals surface area contributed by atoms with Gasteiger partial charge >= 0.3 is 12.3 Å². The summed E-state index contributed by atoms with van der Waals surface area (Å²) in [6.07, 6.45) is -5.03. The van der Waals surface area contributed by atoms with Crippen molar-refractivity contribution in [2.24, 2.45) is 0 Å². The molecule has 1 heterocycles. The zero-order valence-electron chi connectivity index (χ0n) is 10.8. The summed E-state index contributed by atoms with van der Waals surface area (Å²) in [5.74, 6) is -1.02. The summed E-state index contributed by atoms with van der Waals surface area (Å²) >= 11 is 0. The van der Waals surface area contributed by atoms with Crippen molar-refractivity contribution in [1.29, 1.82) is 0 Å². The Morgan fingerprint density at radius 2 is 2.00 bits per heavy atom. The highest BCUT2D eigenvalue weighted by atomic mass is 19.4. The summed E-state index contributed by atoms with van der Waals surface area (Å²) in [7, 11) is 1.19. The molecular weight excluding hydrogens is 291 g/mol. The molecular formula is C13H10F3NO4. The molecule has 0 atom stereocenters. The van der Waals surface area contributed by atoms with E-state index in [1.165, 1.54) is 19.2 Å². The number of esters is 1. The third-order valence-electron chi connectivity index (χ3n) is 2.69. The van der Waals surface area contributed by atoms with Gasteiger partial charge in [0.15, 0.2) is 0 Å². The largest absolute Gasteiger partial charge is 0.573 e. The fourth-order valence-corrected chi connectivity index (χ4v) is 1.78. The number of aromatic nitrogens is 1. The molecule has 0 fully saturated rings. The average molecular weight is 301 g/mol. The van der Waals surface area contributed by atoms with Gasteiger partial charge in [-0.2, -0.15) is 0 Å². The van der Waals surface area contributed by atoms with Crippen LogP contribution in [0.3, 0.4) is 0 Å². The van der Waals surface area contributed by atoms with Crippen LogP contribution in [-0.4, -0.2) is 24.4 Å². The molecule has 0 bridgehead atoms. The Kier molecular flexibility index (Phi) is 3.88. The summed E-state index contributed by atoms with van der Waals surface area (Å²) in [6.45, 7) is 0. The molecule has 0 saturated heterocycles. The molecule has 0 aliphatic rings. The molecule has 5 nitrogen and oxygen atoms in total. The lowest BCUT2D eigenvalue weighted by Gasteiger charge is -2.09. The summed E-state index contributed by atoms with van der Waals surface area (Å²) in [4.78, 5) is 25.3. The minimum Gasteiger partial charge on any atom is -0.469 e. The highest BCUT2D eigenvalue weighted by Gasteiger charge is 2.31. The molecule has 21 heavy (non-hydrogen) atoms. The van der Waals surface area contributed by atoms with Gasteiger partial charge in [0.05, 0.1) is 19.0 Å². The SMILES string of the molecule is COC(=O)Cc1cc2ccc(OC(F)(F)F)cc2[nH]c1=O. The Balaban J connectivity index is 2.40. The topological polar surface area (TPSA) is 68.4 Å². The van der Waals surface area contributed by atoms with Gasteiger partial charge in [-0.05, 0) is 23.6 Å². The number of methoxy groups -OCH3 is 1. The quantitative estimate of drug-likeness (QED) is 0.882. The first-order chi connectivity index (χ1) is 9.78. The van der Waals surface area contributed by atoms with E-state index in [2.05, 4.69) is 14.5 Å².